The Bertz CT molecular complexity index is 351. The number of urea groups is 1. The number of likely N-dealkylation sites (tertiary alicyclic amines) is 1. The molecule has 3 atom stereocenters. The first-order chi connectivity index (χ1) is 10.6. The van der Waals surface area contributed by atoms with E-state index in [1.54, 1.807) is 0 Å². The van der Waals surface area contributed by atoms with E-state index in [0.717, 1.165) is 31.2 Å². The summed E-state index contributed by atoms with van der Waals surface area (Å²) in [6.45, 7) is 5.43. The lowest BCUT2D eigenvalue weighted by Crippen LogP contribution is -2.48. The molecule has 1 heterocycles. The quantitative estimate of drug-likeness (QED) is 0.843. The van der Waals surface area contributed by atoms with Gasteiger partial charge in [-0.15, -0.1) is 0 Å². The Morgan fingerprint density at radius 3 is 2.86 bits per heavy atom. The number of carbonyl (C=O) groups is 1. The number of piperidine rings is 1. The summed E-state index contributed by atoms with van der Waals surface area (Å²) in [5, 5.41) is 4.01. The van der Waals surface area contributed by atoms with Crippen LogP contribution in [0.3, 0.4) is 0 Å². The van der Waals surface area contributed by atoms with Crippen LogP contribution in [0.15, 0.2) is 0 Å². The molecule has 0 bridgehead atoms. The van der Waals surface area contributed by atoms with E-state index < -0.39 is 0 Å². The molecule has 1 saturated heterocycles. The Morgan fingerprint density at radius 1 is 1.32 bits per heavy atom. The van der Waals surface area contributed by atoms with Gasteiger partial charge in [0, 0.05) is 31.4 Å². The molecule has 0 spiro atoms. The van der Waals surface area contributed by atoms with Crippen LogP contribution in [0, 0.1) is 5.92 Å². The van der Waals surface area contributed by atoms with Gasteiger partial charge in [0.1, 0.15) is 0 Å². The highest BCUT2D eigenvalue weighted by Crippen LogP contribution is 2.28. The summed E-state index contributed by atoms with van der Waals surface area (Å²) in [6, 6.07) is 0.502. The van der Waals surface area contributed by atoms with Crippen molar-refractivity contribution in [3.05, 3.63) is 0 Å². The fourth-order valence-corrected chi connectivity index (χ4v) is 5.01. The third kappa shape index (κ3) is 5.65. The van der Waals surface area contributed by atoms with Crippen LogP contribution < -0.4 is 5.32 Å². The molecule has 1 saturated carbocycles. The maximum atomic E-state index is 12.4. The molecule has 2 rings (SSSR count). The molecule has 0 unspecified atom stereocenters. The van der Waals surface area contributed by atoms with E-state index >= 15 is 0 Å². The molecule has 1 aliphatic heterocycles. The summed E-state index contributed by atoms with van der Waals surface area (Å²) >= 11 is 2.05. The van der Waals surface area contributed by atoms with Crippen LogP contribution in [0.2, 0.25) is 0 Å². The molecule has 1 aliphatic carbocycles. The van der Waals surface area contributed by atoms with Gasteiger partial charge in [-0.3, -0.25) is 0 Å². The van der Waals surface area contributed by atoms with Gasteiger partial charge in [-0.05, 0) is 57.4 Å². The molecule has 2 amide bonds. The van der Waals surface area contributed by atoms with Crippen LogP contribution in [0.4, 0.5) is 4.79 Å². The van der Waals surface area contributed by atoms with Gasteiger partial charge in [0.15, 0.2) is 0 Å². The van der Waals surface area contributed by atoms with Crippen molar-refractivity contribution in [2.45, 2.75) is 56.7 Å². The molecule has 2 fully saturated rings. The zero-order valence-electron chi connectivity index (χ0n) is 14.5. The zero-order chi connectivity index (χ0) is 15.9. The van der Waals surface area contributed by atoms with Crippen LogP contribution in [-0.2, 0) is 0 Å². The molecule has 4 nitrogen and oxygen atoms in total. The van der Waals surface area contributed by atoms with Crippen molar-refractivity contribution in [3.63, 3.8) is 0 Å². The number of hydrogen-bond acceptors (Lipinski definition) is 3. The van der Waals surface area contributed by atoms with E-state index in [-0.39, 0.29) is 6.03 Å². The first-order valence-corrected chi connectivity index (χ1v) is 9.95. The lowest BCUT2D eigenvalue weighted by atomic mass is 9.95. The van der Waals surface area contributed by atoms with Crippen molar-refractivity contribution >= 4 is 17.8 Å². The average Bonchev–Trinajstić information content (AvgIpc) is 2.48. The Labute approximate surface area is 140 Å². The predicted molar refractivity (Wildman–Crippen MR) is 95.6 cm³/mol. The van der Waals surface area contributed by atoms with Gasteiger partial charge in [-0.25, -0.2) is 4.79 Å². The molecular weight excluding hydrogens is 294 g/mol. The van der Waals surface area contributed by atoms with E-state index in [0.29, 0.717) is 12.0 Å². The summed E-state index contributed by atoms with van der Waals surface area (Å²) in [6.07, 6.45) is 7.36. The van der Waals surface area contributed by atoms with Crippen LogP contribution in [0.5, 0.6) is 0 Å². The van der Waals surface area contributed by atoms with E-state index in [2.05, 4.69) is 24.2 Å². The SMILES string of the molecule is CCS[C@@H]1CCC[C@H](NC(=O)N(C)C[C@H]2CCCN(C)C2)C1. The summed E-state index contributed by atoms with van der Waals surface area (Å²) in [7, 11) is 4.13. The first kappa shape index (κ1) is 17.9. The van der Waals surface area contributed by atoms with Crippen LogP contribution >= 0.6 is 11.8 Å². The van der Waals surface area contributed by atoms with Gasteiger partial charge in [0.2, 0.25) is 0 Å². The van der Waals surface area contributed by atoms with Crippen LogP contribution in [0.25, 0.3) is 0 Å². The number of nitrogens with one attached hydrogen (secondary N) is 1. The molecule has 2 aliphatic rings. The summed E-state index contributed by atoms with van der Waals surface area (Å²) in [5.74, 6) is 1.81. The molecule has 0 aromatic carbocycles. The van der Waals surface area contributed by atoms with Gasteiger partial charge in [0.25, 0.3) is 0 Å². The van der Waals surface area contributed by atoms with Crippen molar-refractivity contribution < 1.29 is 4.79 Å². The third-order valence-corrected chi connectivity index (χ3v) is 6.19. The summed E-state index contributed by atoms with van der Waals surface area (Å²) in [4.78, 5) is 16.7. The second-order valence-corrected chi connectivity index (χ2v) is 8.62. The fourth-order valence-electron chi connectivity index (χ4n) is 3.84. The highest BCUT2D eigenvalue weighted by molar-refractivity contribution is 7.99. The number of rotatable bonds is 5. The Balaban J connectivity index is 1.73. The van der Waals surface area contributed by atoms with Crippen LogP contribution in [0.1, 0.15) is 45.4 Å². The number of carbonyl (C=O) groups excluding carboxylic acids is 1. The monoisotopic (exact) mass is 327 g/mol. The fraction of sp³-hybridized carbons (Fsp3) is 0.941. The predicted octanol–water partition coefficient (Wildman–Crippen LogP) is 3.03. The van der Waals surface area contributed by atoms with Gasteiger partial charge >= 0.3 is 6.03 Å². The standard InChI is InChI=1S/C17H33N3OS/c1-4-22-16-9-5-8-15(11-16)18-17(21)20(3)13-14-7-6-10-19(2)12-14/h14-16H,4-13H2,1-3H3,(H,18,21)/t14-,15-,16+/m0/s1. The number of thioether (sulfide) groups is 1. The Kier molecular flexibility index (Phi) is 7.35. The van der Waals surface area contributed by atoms with E-state index in [1.165, 1.54) is 38.0 Å². The molecule has 22 heavy (non-hydrogen) atoms. The molecule has 5 heteroatoms. The van der Waals surface area contributed by atoms with E-state index in [4.69, 9.17) is 0 Å². The second-order valence-electron chi connectivity index (χ2n) is 7.04. The molecule has 0 aromatic heterocycles. The minimum Gasteiger partial charge on any atom is -0.335 e. The smallest absolute Gasteiger partial charge is 0.317 e. The number of nitrogens with zero attached hydrogens (tertiary/aromatic N) is 2. The maximum Gasteiger partial charge on any atom is 0.317 e. The highest BCUT2D eigenvalue weighted by Gasteiger charge is 2.25. The molecule has 128 valence electrons. The van der Waals surface area contributed by atoms with Gasteiger partial charge < -0.3 is 15.1 Å². The minimum atomic E-state index is 0.125. The zero-order valence-corrected chi connectivity index (χ0v) is 15.3. The minimum absolute atomic E-state index is 0.125. The number of hydrogen-bond donors (Lipinski definition) is 1. The topological polar surface area (TPSA) is 35.6 Å². The first-order valence-electron chi connectivity index (χ1n) is 8.90. The van der Waals surface area contributed by atoms with Crippen molar-refractivity contribution in [1.29, 1.82) is 0 Å². The Hall–Kier alpha value is -0.420. The maximum absolute atomic E-state index is 12.4. The molecule has 0 aromatic rings. The highest BCUT2D eigenvalue weighted by atomic mass is 32.2. The number of amides is 2. The molecular formula is C17H33N3OS. The van der Waals surface area contributed by atoms with E-state index in [9.17, 15) is 4.79 Å². The lowest BCUT2D eigenvalue weighted by molar-refractivity contribution is 0.160. The lowest BCUT2D eigenvalue weighted by Gasteiger charge is -2.34. The normalized spacial score (nSPS) is 30.0. The van der Waals surface area contributed by atoms with Gasteiger partial charge in [-0.1, -0.05) is 13.3 Å². The van der Waals surface area contributed by atoms with Crippen molar-refractivity contribution in [2.24, 2.45) is 5.92 Å². The second kappa shape index (κ2) is 9.02. The molecule has 1 N–H and O–H groups in total. The summed E-state index contributed by atoms with van der Waals surface area (Å²) in [5.41, 5.74) is 0. The third-order valence-electron chi connectivity index (χ3n) is 4.96. The Morgan fingerprint density at radius 2 is 2.14 bits per heavy atom. The van der Waals surface area contributed by atoms with Crippen molar-refractivity contribution in [2.75, 3.05) is 39.5 Å². The summed E-state index contributed by atoms with van der Waals surface area (Å²) < 4.78 is 0. The van der Waals surface area contributed by atoms with Gasteiger partial charge in [-0.2, -0.15) is 11.8 Å². The average molecular weight is 328 g/mol. The largest absolute Gasteiger partial charge is 0.335 e. The van der Waals surface area contributed by atoms with Crippen molar-refractivity contribution in [3.8, 4) is 0 Å². The van der Waals surface area contributed by atoms with Gasteiger partial charge in [0.05, 0.1) is 0 Å². The van der Waals surface area contributed by atoms with E-state index in [1.807, 2.05) is 23.7 Å². The van der Waals surface area contributed by atoms with Crippen LogP contribution in [-0.4, -0.2) is 66.6 Å². The van der Waals surface area contributed by atoms with Crippen molar-refractivity contribution in [1.82, 2.24) is 15.1 Å². The molecule has 0 radical (unpaired) electrons.